The van der Waals surface area contributed by atoms with Gasteiger partial charge < -0.3 is 15.2 Å². The van der Waals surface area contributed by atoms with E-state index in [-0.39, 0.29) is 18.3 Å². The van der Waals surface area contributed by atoms with Crippen LogP contribution in [0.1, 0.15) is 13.3 Å². The Morgan fingerprint density at radius 1 is 1.45 bits per heavy atom. The van der Waals surface area contributed by atoms with Crippen LogP contribution in [0, 0.1) is 5.82 Å². The molecule has 0 aromatic heterocycles. The number of amides is 1. The molecular weight excluding hydrogens is 281 g/mol. The lowest BCUT2D eigenvalue weighted by Crippen LogP contribution is -2.37. The molecule has 2 N–H and O–H groups in total. The van der Waals surface area contributed by atoms with Gasteiger partial charge in [-0.25, -0.2) is 4.39 Å². The summed E-state index contributed by atoms with van der Waals surface area (Å²) in [6, 6.07) is 6.00. The quantitative estimate of drug-likeness (QED) is 0.683. The number of halogens is 1. The Morgan fingerprint density at radius 3 is 2.90 bits per heavy atom. The molecule has 0 saturated carbocycles. The molecule has 1 atom stereocenters. The molecule has 0 fully saturated rings. The van der Waals surface area contributed by atoms with Crippen LogP contribution in [-0.4, -0.2) is 41.8 Å². The first-order chi connectivity index (χ1) is 9.65. The molecule has 1 aromatic rings. The summed E-state index contributed by atoms with van der Waals surface area (Å²) < 4.78 is 18.6. The Bertz CT molecular complexity index is 417. The van der Waals surface area contributed by atoms with Crippen LogP contribution in [0.2, 0.25) is 0 Å². The molecule has 0 aliphatic heterocycles. The van der Waals surface area contributed by atoms with E-state index < -0.39 is 11.9 Å². The summed E-state index contributed by atoms with van der Waals surface area (Å²) in [5.41, 5.74) is 0. The van der Waals surface area contributed by atoms with Crippen molar-refractivity contribution >= 4 is 17.7 Å². The van der Waals surface area contributed by atoms with E-state index in [1.54, 1.807) is 30.8 Å². The third kappa shape index (κ3) is 6.25. The van der Waals surface area contributed by atoms with Gasteiger partial charge in [-0.3, -0.25) is 4.79 Å². The van der Waals surface area contributed by atoms with Gasteiger partial charge in [-0.1, -0.05) is 12.1 Å². The number of rotatable bonds is 9. The Balaban J connectivity index is 2.24. The van der Waals surface area contributed by atoms with Crippen molar-refractivity contribution in [1.29, 1.82) is 0 Å². The number of aliphatic hydroxyl groups is 1. The van der Waals surface area contributed by atoms with Crippen LogP contribution in [0.3, 0.4) is 0 Å². The van der Waals surface area contributed by atoms with Gasteiger partial charge in [-0.2, -0.15) is 11.8 Å². The fourth-order valence-corrected chi connectivity index (χ4v) is 2.23. The number of thioether (sulfide) groups is 1. The minimum Gasteiger partial charge on any atom is -0.478 e. The molecule has 4 nitrogen and oxygen atoms in total. The second-order valence-corrected chi connectivity index (χ2v) is 5.40. The van der Waals surface area contributed by atoms with Crippen LogP contribution < -0.4 is 10.1 Å². The molecule has 0 saturated heterocycles. The van der Waals surface area contributed by atoms with Gasteiger partial charge in [-0.05, 0) is 31.2 Å². The summed E-state index contributed by atoms with van der Waals surface area (Å²) >= 11 is 1.66. The monoisotopic (exact) mass is 301 g/mol. The molecule has 0 aliphatic carbocycles. The average Bonchev–Trinajstić information content (AvgIpc) is 2.44. The number of aliphatic hydroxyl groups excluding tert-OH is 1. The van der Waals surface area contributed by atoms with Crippen molar-refractivity contribution in [3.05, 3.63) is 30.1 Å². The van der Waals surface area contributed by atoms with Gasteiger partial charge in [0.05, 0.1) is 0 Å². The van der Waals surface area contributed by atoms with Gasteiger partial charge in [0.25, 0.3) is 5.91 Å². The normalized spacial score (nSPS) is 11.9. The summed E-state index contributed by atoms with van der Waals surface area (Å²) in [5, 5.41) is 11.3. The van der Waals surface area contributed by atoms with Gasteiger partial charge in [0.1, 0.15) is 0 Å². The summed E-state index contributed by atoms with van der Waals surface area (Å²) in [6.45, 7) is 2.30. The summed E-state index contributed by atoms with van der Waals surface area (Å²) in [5.74, 6) is 0.974. The van der Waals surface area contributed by atoms with E-state index in [9.17, 15) is 9.18 Å². The molecule has 0 spiro atoms. The first kappa shape index (κ1) is 16.8. The highest BCUT2D eigenvalue weighted by molar-refractivity contribution is 7.99. The van der Waals surface area contributed by atoms with E-state index in [2.05, 4.69) is 5.32 Å². The highest BCUT2D eigenvalue weighted by atomic mass is 32.2. The molecule has 6 heteroatoms. The SMILES string of the molecule is CC(Oc1ccccc1F)C(=O)NCCSCCCO. The van der Waals surface area contributed by atoms with Gasteiger partial charge in [0.15, 0.2) is 17.7 Å². The molecule has 0 radical (unpaired) electrons. The summed E-state index contributed by atoms with van der Waals surface area (Å²) in [6.07, 6.45) is 0.0140. The molecular formula is C14H20FNO3S. The number of hydrogen-bond donors (Lipinski definition) is 2. The highest BCUT2D eigenvalue weighted by Gasteiger charge is 2.15. The lowest BCUT2D eigenvalue weighted by molar-refractivity contribution is -0.127. The molecule has 1 rings (SSSR count). The fraction of sp³-hybridized carbons (Fsp3) is 0.500. The Kier molecular flexibility index (Phi) is 8.06. The Morgan fingerprint density at radius 2 is 2.20 bits per heavy atom. The van der Waals surface area contributed by atoms with Gasteiger partial charge >= 0.3 is 0 Å². The molecule has 20 heavy (non-hydrogen) atoms. The van der Waals surface area contributed by atoms with Gasteiger partial charge in [-0.15, -0.1) is 0 Å². The lowest BCUT2D eigenvalue weighted by atomic mass is 10.3. The van der Waals surface area contributed by atoms with Gasteiger partial charge in [0.2, 0.25) is 0 Å². The number of hydrogen-bond acceptors (Lipinski definition) is 4. The zero-order valence-electron chi connectivity index (χ0n) is 11.5. The average molecular weight is 301 g/mol. The van der Waals surface area contributed by atoms with Crippen LogP contribution >= 0.6 is 11.8 Å². The van der Waals surface area contributed by atoms with Crippen molar-refractivity contribution in [1.82, 2.24) is 5.32 Å². The topological polar surface area (TPSA) is 58.6 Å². The zero-order valence-corrected chi connectivity index (χ0v) is 12.3. The van der Waals surface area contributed by atoms with E-state index in [0.29, 0.717) is 6.54 Å². The van der Waals surface area contributed by atoms with E-state index in [0.717, 1.165) is 17.9 Å². The van der Waals surface area contributed by atoms with E-state index >= 15 is 0 Å². The minimum absolute atomic E-state index is 0.0764. The number of para-hydroxylation sites is 1. The predicted octanol–water partition coefficient (Wildman–Crippen LogP) is 1.82. The van der Waals surface area contributed by atoms with Crippen LogP contribution in [0.5, 0.6) is 5.75 Å². The standard InChI is InChI=1S/C14H20FNO3S/c1-11(19-13-6-3-2-5-12(13)15)14(18)16-7-10-20-9-4-8-17/h2-3,5-6,11,17H,4,7-10H2,1H3,(H,16,18). The maximum atomic E-state index is 13.4. The summed E-state index contributed by atoms with van der Waals surface area (Å²) in [7, 11) is 0. The predicted molar refractivity (Wildman–Crippen MR) is 78.5 cm³/mol. The number of ether oxygens (including phenoxy) is 1. The van der Waals surface area contributed by atoms with Crippen LogP contribution in [0.25, 0.3) is 0 Å². The van der Waals surface area contributed by atoms with Crippen LogP contribution in [0.4, 0.5) is 4.39 Å². The summed E-state index contributed by atoms with van der Waals surface area (Å²) in [4.78, 5) is 11.7. The maximum absolute atomic E-state index is 13.4. The third-order valence-corrected chi connectivity index (χ3v) is 3.57. The van der Waals surface area contributed by atoms with Crippen molar-refractivity contribution in [3.63, 3.8) is 0 Å². The molecule has 1 unspecified atom stereocenters. The molecule has 0 bridgehead atoms. The number of benzene rings is 1. The second-order valence-electron chi connectivity index (χ2n) is 4.17. The maximum Gasteiger partial charge on any atom is 0.260 e. The van der Waals surface area contributed by atoms with Gasteiger partial charge in [0, 0.05) is 18.9 Å². The van der Waals surface area contributed by atoms with Crippen molar-refractivity contribution in [2.24, 2.45) is 0 Å². The Hall–Kier alpha value is -1.27. The highest BCUT2D eigenvalue weighted by Crippen LogP contribution is 2.16. The van der Waals surface area contributed by atoms with Crippen molar-refractivity contribution in [3.8, 4) is 5.75 Å². The molecule has 0 aliphatic rings. The third-order valence-electron chi connectivity index (χ3n) is 2.50. The number of carbonyl (C=O) groups is 1. The first-order valence-corrected chi connectivity index (χ1v) is 7.68. The smallest absolute Gasteiger partial charge is 0.260 e. The largest absolute Gasteiger partial charge is 0.478 e. The number of nitrogens with one attached hydrogen (secondary N) is 1. The molecule has 1 aromatic carbocycles. The van der Waals surface area contributed by atoms with E-state index in [1.165, 1.54) is 12.1 Å². The van der Waals surface area contributed by atoms with Crippen molar-refractivity contribution in [2.75, 3.05) is 24.7 Å². The molecule has 112 valence electrons. The Labute approximate surface area is 122 Å². The van der Waals surface area contributed by atoms with Crippen LogP contribution in [-0.2, 0) is 4.79 Å². The van der Waals surface area contributed by atoms with Crippen LogP contribution in [0.15, 0.2) is 24.3 Å². The van der Waals surface area contributed by atoms with Crippen molar-refractivity contribution < 1.29 is 19.0 Å². The fourth-order valence-electron chi connectivity index (χ4n) is 1.44. The van der Waals surface area contributed by atoms with E-state index in [4.69, 9.17) is 9.84 Å². The molecule has 1 amide bonds. The van der Waals surface area contributed by atoms with E-state index in [1.807, 2.05) is 0 Å². The lowest BCUT2D eigenvalue weighted by Gasteiger charge is -2.15. The number of carbonyl (C=O) groups excluding carboxylic acids is 1. The zero-order chi connectivity index (χ0) is 14.8. The first-order valence-electron chi connectivity index (χ1n) is 6.52. The molecule has 0 heterocycles. The van der Waals surface area contributed by atoms with Crippen molar-refractivity contribution in [2.45, 2.75) is 19.4 Å². The second kappa shape index (κ2) is 9.61. The minimum atomic E-state index is -0.741.